The number of benzene rings is 1. The zero-order chi connectivity index (χ0) is 9.71. The van der Waals surface area contributed by atoms with E-state index in [1.807, 2.05) is 18.2 Å². The molecule has 2 aliphatic rings. The molecule has 1 aromatic rings. The van der Waals surface area contributed by atoms with Gasteiger partial charge in [-0.25, -0.2) is 4.79 Å². The van der Waals surface area contributed by atoms with Gasteiger partial charge in [0.15, 0.2) is 0 Å². The molecule has 3 heteroatoms. The molecule has 1 N–H and O–H groups in total. The zero-order valence-electron chi connectivity index (χ0n) is 7.31. The van der Waals surface area contributed by atoms with Crippen LogP contribution in [0, 0.1) is 0 Å². The SMILES string of the molecule is O=C(O)c1ccc2c(c1)C=CC1OC21. The third kappa shape index (κ3) is 0.992. The largest absolute Gasteiger partial charge is 0.478 e. The summed E-state index contributed by atoms with van der Waals surface area (Å²) < 4.78 is 5.37. The fourth-order valence-electron chi connectivity index (χ4n) is 1.83. The van der Waals surface area contributed by atoms with E-state index in [-0.39, 0.29) is 12.2 Å². The lowest BCUT2D eigenvalue weighted by atomic mass is 9.95. The number of carboxylic acid groups (broad SMARTS) is 1. The van der Waals surface area contributed by atoms with Crippen molar-refractivity contribution < 1.29 is 14.6 Å². The van der Waals surface area contributed by atoms with Gasteiger partial charge >= 0.3 is 5.97 Å². The fourth-order valence-corrected chi connectivity index (χ4v) is 1.83. The molecule has 70 valence electrons. The molecule has 14 heavy (non-hydrogen) atoms. The second kappa shape index (κ2) is 2.45. The molecule has 1 heterocycles. The monoisotopic (exact) mass is 188 g/mol. The minimum Gasteiger partial charge on any atom is -0.478 e. The number of rotatable bonds is 1. The highest BCUT2D eigenvalue weighted by Crippen LogP contribution is 2.44. The molecule has 0 radical (unpaired) electrons. The van der Waals surface area contributed by atoms with Gasteiger partial charge in [0.2, 0.25) is 0 Å². The first-order valence-electron chi connectivity index (χ1n) is 4.46. The molecule has 1 saturated heterocycles. The van der Waals surface area contributed by atoms with Gasteiger partial charge < -0.3 is 9.84 Å². The number of carbonyl (C=O) groups is 1. The van der Waals surface area contributed by atoms with Crippen LogP contribution in [0.2, 0.25) is 0 Å². The molecular weight excluding hydrogens is 180 g/mol. The van der Waals surface area contributed by atoms with Gasteiger partial charge in [-0.3, -0.25) is 0 Å². The van der Waals surface area contributed by atoms with Crippen molar-refractivity contribution in [2.75, 3.05) is 0 Å². The van der Waals surface area contributed by atoms with Crippen molar-refractivity contribution in [1.82, 2.24) is 0 Å². The van der Waals surface area contributed by atoms with Gasteiger partial charge in [-0.2, -0.15) is 0 Å². The Labute approximate surface area is 80.6 Å². The van der Waals surface area contributed by atoms with Crippen LogP contribution in [0.25, 0.3) is 6.08 Å². The van der Waals surface area contributed by atoms with E-state index < -0.39 is 5.97 Å². The van der Waals surface area contributed by atoms with Gasteiger partial charge in [0.1, 0.15) is 12.2 Å². The minimum absolute atomic E-state index is 0.165. The molecule has 0 amide bonds. The van der Waals surface area contributed by atoms with E-state index in [1.165, 1.54) is 0 Å². The lowest BCUT2D eigenvalue weighted by molar-refractivity contribution is 0.0697. The third-order valence-corrected chi connectivity index (χ3v) is 2.63. The summed E-state index contributed by atoms with van der Waals surface area (Å²) in [6.45, 7) is 0. The zero-order valence-corrected chi connectivity index (χ0v) is 7.31. The van der Waals surface area contributed by atoms with Gasteiger partial charge in [-0.1, -0.05) is 18.2 Å². The highest BCUT2D eigenvalue weighted by atomic mass is 16.6. The van der Waals surface area contributed by atoms with Gasteiger partial charge in [-0.05, 0) is 23.3 Å². The maximum atomic E-state index is 10.7. The highest BCUT2D eigenvalue weighted by molar-refractivity contribution is 5.88. The molecule has 2 atom stereocenters. The average Bonchev–Trinajstić information content (AvgIpc) is 2.95. The van der Waals surface area contributed by atoms with Crippen molar-refractivity contribution in [1.29, 1.82) is 0 Å². The Hall–Kier alpha value is -1.61. The first kappa shape index (κ1) is 7.76. The van der Waals surface area contributed by atoms with Crippen molar-refractivity contribution in [3.8, 4) is 0 Å². The standard InChI is InChI=1S/C11H8O3/c12-11(13)7-1-3-8-6(5-7)2-4-9-10(8)14-9/h1-5,9-10H,(H,12,13). The number of hydrogen-bond acceptors (Lipinski definition) is 2. The quantitative estimate of drug-likeness (QED) is 0.684. The van der Waals surface area contributed by atoms with Crippen LogP contribution in [-0.4, -0.2) is 17.2 Å². The summed E-state index contributed by atoms with van der Waals surface area (Å²) in [6, 6.07) is 5.15. The van der Waals surface area contributed by atoms with Crippen LogP contribution in [0.5, 0.6) is 0 Å². The van der Waals surface area contributed by atoms with E-state index >= 15 is 0 Å². The van der Waals surface area contributed by atoms with Crippen molar-refractivity contribution >= 4 is 12.0 Å². The predicted molar refractivity (Wildman–Crippen MR) is 50.0 cm³/mol. The average molecular weight is 188 g/mol. The van der Waals surface area contributed by atoms with E-state index in [0.717, 1.165) is 11.1 Å². The molecule has 3 rings (SSSR count). The Morgan fingerprint density at radius 2 is 2.29 bits per heavy atom. The maximum absolute atomic E-state index is 10.7. The van der Waals surface area contributed by atoms with Crippen molar-refractivity contribution in [3.63, 3.8) is 0 Å². The van der Waals surface area contributed by atoms with Gasteiger partial charge in [-0.15, -0.1) is 0 Å². The van der Waals surface area contributed by atoms with Crippen molar-refractivity contribution in [2.24, 2.45) is 0 Å². The first-order chi connectivity index (χ1) is 6.75. The molecule has 2 unspecified atom stereocenters. The van der Waals surface area contributed by atoms with Crippen molar-refractivity contribution in [3.05, 3.63) is 41.0 Å². The van der Waals surface area contributed by atoms with E-state index in [0.29, 0.717) is 5.56 Å². The molecule has 0 spiro atoms. The van der Waals surface area contributed by atoms with Crippen LogP contribution in [0.3, 0.4) is 0 Å². The van der Waals surface area contributed by atoms with Gasteiger partial charge in [0.25, 0.3) is 0 Å². The molecule has 1 aliphatic heterocycles. The van der Waals surface area contributed by atoms with Gasteiger partial charge in [0, 0.05) is 0 Å². The molecule has 0 aromatic heterocycles. The van der Waals surface area contributed by atoms with Crippen LogP contribution in [-0.2, 0) is 4.74 Å². The first-order valence-corrected chi connectivity index (χ1v) is 4.46. The summed E-state index contributed by atoms with van der Waals surface area (Å²) in [5, 5.41) is 8.81. The molecule has 1 fully saturated rings. The summed E-state index contributed by atoms with van der Waals surface area (Å²) in [5.74, 6) is -0.889. The van der Waals surface area contributed by atoms with Gasteiger partial charge in [0.05, 0.1) is 5.56 Å². The lowest BCUT2D eigenvalue weighted by Crippen LogP contribution is -2.00. The molecular formula is C11H8O3. The summed E-state index contributed by atoms with van der Waals surface area (Å²) in [4.78, 5) is 10.7. The Morgan fingerprint density at radius 3 is 3.07 bits per heavy atom. The highest BCUT2D eigenvalue weighted by Gasteiger charge is 2.41. The molecule has 1 aliphatic carbocycles. The van der Waals surface area contributed by atoms with Crippen LogP contribution < -0.4 is 0 Å². The number of ether oxygens (including phenoxy) is 1. The Kier molecular flexibility index (Phi) is 1.36. The van der Waals surface area contributed by atoms with Crippen LogP contribution in [0.1, 0.15) is 27.6 Å². The van der Waals surface area contributed by atoms with Crippen molar-refractivity contribution in [2.45, 2.75) is 12.2 Å². The second-order valence-corrected chi connectivity index (χ2v) is 3.53. The molecule has 0 saturated carbocycles. The third-order valence-electron chi connectivity index (χ3n) is 2.63. The lowest BCUT2D eigenvalue weighted by Gasteiger charge is -2.07. The van der Waals surface area contributed by atoms with E-state index in [9.17, 15) is 4.79 Å². The normalized spacial score (nSPS) is 26.6. The predicted octanol–water partition coefficient (Wildman–Crippen LogP) is 1.85. The number of carboxylic acids is 1. The fraction of sp³-hybridized carbons (Fsp3) is 0.182. The summed E-state index contributed by atoms with van der Waals surface area (Å²) in [7, 11) is 0. The molecule has 1 aromatic carbocycles. The van der Waals surface area contributed by atoms with E-state index in [2.05, 4.69) is 0 Å². The van der Waals surface area contributed by atoms with Crippen LogP contribution in [0.15, 0.2) is 24.3 Å². The maximum Gasteiger partial charge on any atom is 0.335 e. The number of fused-ring (bicyclic) bond motifs is 3. The summed E-state index contributed by atoms with van der Waals surface area (Å²) in [5.41, 5.74) is 2.39. The number of hydrogen-bond donors (Lipinski definition) is 1. The topological polar surface area (TPSA) is 49.8 Å². The minimum atomic E-state index is -0.889. The Balaban J connectivity index is 2.12. The van der Waals surface area contributed by atoms with E-state index in [1.54, 1.807) is 12.1 Å². The second-order valence-electron chi connectivity index (χ2n) is 3.53. The smallest absolute Gasteiger partial charge is 0.335 e. The Bertz CT molecular complexity index is 448. The summed E-state index contributed by atoms with van der Waals surface area (Å²) in [6.07, 6.45) is 4.28. The molecule has 3 nitrogen and oxygen atoms in total. The van der Waals surface area contributed by atoms with Crippen LogP contribution in [0.4, 0.5) is 0 Å². The molecule has 0 bridgehead atoms. The number of aromatic carboxylic acids is 1. The summed E-state index contributed by atoms with van der Waals surface area (Å²) >= 11 is 0. The van der Waals surface area contributed by atoms with E-state index in [4.69, 9.17) is 9.84 Å². The number of epoxide rings is 1. The Morgan fingerprint density at radius 1 is 1.43 bits per heavy atom. The van der Waals surface area contributed by atoms with Crippen LogP contribution >= 0.6 is 0 Å².